The number of thiophene rings is 1. The Balaban J connectivity index is 1.53. The van der Waals surface area contributed by atoms with Crippen molar-refractivity contribution in [3.05, 3.63) is 85.3 Å². The van der Waals surface area contributed by atoms with E-state index in [1.807, 2.05) is 13.0 Å². The van der Waals surface area contributed by atoms with Gasteiger partial charge in [-0.05, 0) is 86.6 Å². The number of nitriles is 1. The molecule has 212 valence electrons. The number of hydrogen-bond acceptors (Lipinski definition) is 9. The predicted molar refractivity (Wildman–Crippen MR) is 154 cm³/mol. The van der Waals surface area contributed by atoms with Gasteiger partial charge in [0.05, 0.1) is 23.7 Å². The van der Waals surface area contributed by atoms with Crippen molar-refractivity contribution in [2.24, 2.45) is 0 Å². The lowest BCUT2D eigenvalue weighted by Gasteiger charge is -2.13. The van der Waals surface area contributed by atoms with E-state index in [2.05, 4.69) is 5.32 Å². The molecule has 0 unspecified atom stereocenters. The Bertz CT molecular complexity index is 1520. The number of rotatable bonds is 11. The largest absolute Gasteiger partial charge is 0.490 e. The van der Waals surface area contributed by atoms with Crippen molar-refractivity contribution < 1.29 is 28.7 Å². The van der Waals surface area contributed by atoms with Gasteiger partial charge in [0.15, 0.2) is 11.5 Å². The number of benzene rings is 2. The Kier molecular flexibility index (Phi) is 9.71. The number of ether oxygens (including phenoxy) is 3. The third-order valence-electron chi connectivity index (χ3n) is 6.36. The van der Waals surface area contributed by atoms with Crippen molar-refractivity contribution in [2.75, 3.05) is 18.5 Å². The Hall–Kier alpha value is -4.69. The van der Waals surface area contributed by atoms with E-state index in [0.717, 1.165) is 41.7 Å². The molecule has 1 heterocycles. The van der Waals surface area contributed by atoms with Crippen molar-refractivity contribution in [3.8, 4) is 17.6 Å². The quantitative estimate of drug-likeness (QED) is 0.0932. The highest BCUT2D eigenvalue weighted by Gasteiger charge is 2.28. The van der Waals surface area contributed by atoms with Crippen molar-refractivity contribution in [3.63, 3.8) is 0 Å². The van der Waals surface area contributed by atoms with Gasteiger partial charge in [0.2, 0.25) is 0 Å². The van der Waals surface area contributed by atoms with E-state index in [4.69, 9.17) is 14.2 Å². The molecule has 0 spiro atoms. The highest BCUT2D eigenvalue weighted by Crippen LogP contribution is 2.39. The Morgan fingerprint density at radius 1 is 1.07 bits per heavy atom. The molecule has 0 saturated carbocycles. The summed E-state index contributed by atoms with van der Waals surface area (Å²) in [6.45, 7) is 4.28. The first-order valence-electron chi connectivity index (χ1n) is 13.2. The van der Waals surface area contributed by atoms with Crippen LogP contribution in [0.2, 0.25) is 0 Å². The van der Waals surface area contributed by atoms with E-state index in [-0.39, 0.29) is 24.5 Å². The zero-order valence-electron chi connectivity index (χ0n) is 22.7. The van der Waals surface area contributed by atoms with Crippen LogP contribution >= 0.6 is 11.3 Å². The van der Waals surface area contributed by atoms with E-state index >= 15 is 0 Å². The van der Waals surface area contributed by atoms with Crippen LogP contribution in [0, 0.1) is 21.4 Å². The number of nitrogens with zero attached hydrogens (tertiary/aromatic N) is 2. The van der Waals surface area contributed by atoms with E-state index in [1.165, 1.54) is 29.5 Å². The molecule has 1 amide bonds. The van der Waals surface area contributed by atoms with Crippen LogP contribution in [0.25, 0.3) is 6.08 Å². The lowest BCUT2D eigenvalue weighted by atomic mass is 9.95. The topological polar surface area (TPSA) is 141 Å². The number of amides is 1. The zero-order chi connectivity index (χ0) is 29.4. The van der Waals surface area contributed by atoms with Gasteiger partial charge in [-0.25, -0.2) is 4.79 Å². The van der Waals surface area contributed by atoms with Crippen molar-refractivity contribution >= 4 is 40.0 Å². The van der Waals surface area contributed by atoms with Crippen LogP contribution in [0.4, 0.5) is 10.7 Å². The molecule has 0 radical (unpaired) electrons. The molecule has 2 aromatic carbocycles. The van der Waals surface area contributed by atoms with Gasteiger partial charge in [0, 0.05) is 17.0 Å². The number of aryl methyl sites for hydroxylation is 1. The van der Waals surface area contributed by atoms with Crippen LogP contribution < -0.4 is 14.8 Å². The van der Waals surface area contributed by atoms with Gasteiger partial charge in [0.1, 0.15) is 23.3 Å². The summed E-state index contributed by atoms with van der Waals surface area (Å²) in [5.41, 5.74) is 2.43. The highest BCUT2D eigenvalue weighted by molar-refractivity contribution is 7.17. The van der Waals surface area contributed by atoms with Crippen LogP contribution in [0.15, 0.2) is 48.0 Å². The summed E-state index contributed by atoms with van der Waals surface area (Å²) in [5, 5.41) is 23.8. The van der Waals surface area contributed by atoms with Crippen LogP contribution in [0.3, 0.4) is 0 Å². The van der Waals surface area contributed by atoms with Gasteiger partial charge in [-0.3, -0.25) is 14.9 Å². The minimum Gasteiger partial charge on any atom is -0.490 e. The second kappa shape index (κ2) is 13.6. The maximum atomic E-state index is 13.2. The number of fused-ring (bicyclic) bond motifs is 1. The second-order valence-electron chi connectivity index (χ2n) is 9.11. The van der Waals surface area contributed by atoms with Gasteiger partial charge in [-0.2, -0.15) is 5.26 Å². The predicted octanol–water partition coefficient (Wildman–Crippen LogP) is 6.24. The molecule has 41 heavy (non-hydrogen) atoms. The maximum Gasteiger partial charge on any atom is 0.341 e. The SMILES string of the molecule is CCOC(=O)c1c(NC(=O)C(C#N)=Cc2ccc(OCc3ccc([N+](=O)[O-])cc3)c(OCC)c2)sc2c1CCCC2. The average Bonchev–Trinajstić information content (AvgIpc) is 3.33. The molecule has 11 heteroatoms. The van der Waals surface area contributed by atoms with Crippen molar-refractivity contribution in [2.45, 2.75) is 46.1 Å². The van der Waals surface area contributed by atoms with Crippen LogP contribution in [0.1, 0.15) is 58.6 Å². The first kappa shape index (κ1) is 29.3. The van der Waals surface area contributed by atoms with E-state index in [1.54, 1.807) is 37.3 Å². The molecule has 0 atom stereocenters. The highest BCUT2D eigenvalue weighted by atomic mass is 32.1. The summed E-state index contributed by atoms with van der Waals surface area (Å²) >= 11 is 1.36. The minimum atomic E-state index is -0.631. The van der Waals surface area contributed by atoms with Crippen LogP contribution in [-0.4, -0.2) is 30.0 Å². The van der Waals surface area contributed by atoms with Gasteiger partial charge < -0.3 is 19.5 Å². The summed E-state index contributed by atoms with van der Waals surface area (Å²) in [7, 11) is 0. The molecule has 1 aliphatic rings. The second-order valence-corrected chi connectivity index (χ2v) is 10.2. The monoisotopic (exact) mass is 575 g/mol. The molecule has 0 aliphatic heterocycles. The van der Waals surface area contributed by atoms with Gasteiger partial charge >= 0.3 is 5.97 Å². The Morgan fingerprint density at radius 3 is 2.51 bits per heavy atom. The molecular weight excluding hydrogens is 546 g/mol. The zero-order valence-corrected chi connectivity index (χ0v) is 23.5. The summed E-state index contributed by atoms with van der Waals surface area (Å²) in [6.07, 6.45) is 5.00. The van der Waals surface area contributed by atoms with Gasteiger partial charge in [-0.15, -0.1) is 11.3 Å². The summed E-state index contributed by atoms with van der Waals surface area (Å²) in [5.74, 6) is -0.256. The Labute approximate surface area is 241 Å². The number of anilines is 1. The van der Waals surface area contributed by atoms with Crippen molar-refractivity contribution in [1.82, 2.24) is 0 Å². The van der Waals surface area contributed by atoms with Gasteiger partial charge in [0.25, 0.3) is 11.6 Å². The third kappa shape index (κ3) is 7.10. The molecule has 0 fully saturated rings. The lowest BCUT2D eigenvalue weighted by Crippen LogP contribution is -2.16. The molecule has 1 aliphatic carbocycles. The van der Waals surface area contributed by atoms with Gasteiger partial charge in [-0.1, -0.05) is 6.07 Å². The van der Waals surface area contributed by atoms with E-state index < -0.39 is 16.8 Å². The Morgan fingerprint density at radius 2 is 1.83 bits per heavy atom. The van der Waals surface area contributed by atoms with Crippen LogP contribution in [0.5, 0.6) is 11.5 Å². The average molecular weight is 576 g/mol. The lowest BCUT2D eigenvalue weighted by molar-refractivity contribution is -0.384. The smallest absolute Gasteiger partial charge is 0.341 e. The van der Waals surface area contributed by atoms with Crippen LogP contribution in [-0.2, 0) is 29.0 Å². The number of non-ortho nitro benzene ring substituents is 1. The fourth-order valence-electron chi connectivity index (χ4n) is 4.44. The van der Waals surface area contributed by atoms with Crippen molar-refractivity contribution in [1.29, 1.82) is 5.26 Å². The summed E-state index contributed by atoms with van der Waals surface area (Å²) in [4.78, 5) is 37.3. The number of nitrogens with one attached hydrogen (secondary N) is 1. The number of nitro benzene ring substituents is 1. The normalized spacial score (nSPS) is 12.6. The fraction of sp³-hybridized carbons (Fsp3) is 0.300. The first-order valence-corrected chi connectivity index (χ1v) is 14.0. The fourth-order valence-corrected chi connectivity index (χ4v) is 5.71. The summed E-state index contributed by atoms with van der Waals surface area (Å²) in [6, 6.07) is 13.0. The number of nitro groups is 1. The molecule has 4 rings (SSSR count). The molecule has 10 nitrogen and oxygen atoms in total. The van der Waals surface area contributed by atoms with E-state index in [0.29, 0.717) is 34.2 Å². The molecule has 3 aromatic rings. The summed E-state index contributed by atoms with van der Waals surface area (Å²) < 4.78 is 16.9. The van der Waals surface area contributed by atoms with E-state index in [9.17, 15) is 25.0 Å². The third-order valence-corrected chi connectivity index (χ3v) is 7.57. The molecular formula is C30H29N3O7S. The number of hydrogen-bond donors (Lipinski definition) is 1. The molecule has 1 aromatic heterocycles. The number of carbonyl (C=O) groups excluding carboxylic acids is 2. The molecule has 1 N–H and O–H groups in total. The number of carbonyl (C=O) groups is 2. The molecule has 0 saturated heterocycles. The number of esters is 1. The minimum absolute atomic E-state index is 0.00646. The molecule has 0 bridgehead atoms. The maximum absolute atomic E-state index is 13.2. The first-order chi connectivity index (χ1) is 19.8. The standard InChI is InChI=1S/C30H29N3O7S/c1-3-38-25-16-20(11-14-24(25)40-18-19-9-12-22(13-10-19)33(36)37)15-21(17-31)28(34)32-29-27(30(35)39-4-2)23-7-5-6-8-26(23)41-29/h9-16H,3-8,18H2,1-2H3,(H,32,34).